The van der Waals surface area contributed by atoms with Crippen LogP contribution in [0.25, 0.3) is 0 Å². The van der Waals surface area contributed by atoms with Gasteiger partial charge < -0.3 is 4.98 Å². The Kier molecular flexibility index (Phi) is 5.58. The normalized spacial score (nSPS) is 14.1. The molecule has 0 aliphatic heterocycles. The van der Waals surface area contributed by atoms with Crippen LogP contribution in [0, 0.1) is 18.3 Å². The van der Waals surface area contributed by atoms with Crippen molar-refractivity contribution in [3.8, 4) is 6.07 Å². The van der Waals surface area contributed by atoms with Gasteiger partial charge >= 0.3 is 0 Å². The number of hydrogen-bond donors (Lipinski definition) is 2. The van der Waals surface area contributed by atoms with Crippen LogP contribution in [-0.2, 0) is 0 Å². The Balaban J connectivity index is 2.58. The van der Waals surface area contributed by atoms with Crippen molar-refractivity contribution in [1.29, 1.82) is 5.26 Å². The first-order valence-electron chi connectivity index (χ1n) is 6.24. The molecule has 1 rings (SSSR count). The third-order valence-corrected chi connectivity index (χ3v) is 3.42. The van der Waals surface area contributed by atoms with Gasteiger partial charge in [0.2, 0.25) is 0 Å². The molecule has 1 unspecified atom stereocenters. The van der Waals surface area contributed by atoms with Gasteiger partial charge in [-0.3, -0.25) is 10.1 Å². The average Bonchev–Trinajstić information content (AvgIpc) is 2.26. The van der Waals surface area contributed by atoms with Crippen LogP contribution in [0.1, 0.15) is 32.9 Å². The summed E-state index contributed by atoms with van der Waals surface area (Å²) in [6.45, 7) is 7.71. The molecule has 1 aromatic heterocycles. The van der Waals surface area contributed by atoms with Crippen molar-refractivity contribution in [3.63, 3.8) is 0 Å². The number of thioether (sulfide) groups is 1. The van der Waals surface area contributed by atoms with E-state index in [4.69, 9.17) is 0 Å². The number of rotatable bonds is 6. The fraction of sp³-hybridized carbons (Fsp3) is 0.615. The predicted molar refractivity (Wildman–Crippen MR) is 77.2 cm³/mol. The third kappa shape index (κ3) is 5.45. The Morgan fingerprint density at radius 1 is 1.63 bits per heavy atom. The number of nitriles is 1. The third-order valence-electron chi connectivity index (χ3n) is 2.54. The van der Waals surface area contributed by atoms with Gasteiger partial charge in [0.15, 0.2) is 5.16 Å². The van der Waals surface area contributed by atoms with E-state index in [1.54, 1.807) is 6.92 Å². The zero-order valence-electron chi connectivity index (χ0n) is 11.8. The topological polar surface area (TPSA) is 81.6 Å². The number of aromatic nitrogens is 2. The molecule has 1 atom stereocenters. The summed E-state index contributed by atoms with van der Waals surface area (Å²) in [5.74, 6) is 0.718. The molecule has 0 fully saturated rings. The minimum Gasteiger partial charge on any atom is -0.301 e. The van der Waals surface area contributed by atoms with Gasteiger partial charge in [0.1, 0.15) is 5.54 Å². The molecule has 0 bridgehead atoms. The van der Waals surface area contributed by atoms with Crippen molar-refractivity contribution >= 4 is 11.8 Å². The first-order chi connectivity index (χ1) is 8.84. The molecule has 0 aliphatic carbocycles. The van der Waals surface area contributed by atoms with Gasteiger partial charge in [0.25, 0.3) is 5.56 Å². The highest BCUT2D eigenvalue weighted by molar-refractivity contribution is 7.99. The molecule has 0 amide bonds. The van der Waals surface area contributed by atoms with Crippen molar-refractivity contribution in [1.82, 2.24) is 15.3 Å². The largest absolute Gasteiger partial charge is 0.301 e. The maximum Gasteiger partial charge on any atom is 0.251 e. The predicted octanol–water partition coefficient (Wildman–Crippen LogP) is 1.84. The van der Waals surface area contributed by atoms with Crippen LogP contribution in [0.3, 0.4) is 0 Å². The smallest absolute Gasteiger partial charge is 0.251 e. The Bertz CT molecular complexity index is 520. The van der Waals surface area contributed by atoms with E-state index in [9.17, 15) is 10.1 Å². The van der Waals surface area contributed by atoms with Gasteiger partial charge in [0.05, 0.1) is 6.07 Å². The van der Waals surface area contributed by atoms with Crippen LogP contribution >= 0.6 is 11.8 Å². The summed E-state index contributed by atoms with van der Waals surface area (Å²) >= 11 is 1.46. The van der Waals surface area contributed by atoms with E-state index in [1.165, 1.54) is 17.8 Å². The second-order valence-electron chi connectivity index (χ2n) is 5.03. The molecule has 2 N–H and O–H groups in total. The molecule has 19 heavy (non-hydrogen) atoms. The molecule has 104 valence electrons. The number of aromatic amines is 1. The highest BCUT2D eigenvalue weighted by atomic mass is 32.2. The van der Waals surface area contributed by atoms with Crippen LogP contribution < -0.4 is 10.9 Å². The van der Waals surface area contributed by atoms with E-state index in [0.717, 1.165) is 5.75 Å². The Morgan fingerprint density at radius 2 is 2.32 bits per heavy atom. The van der Waals surface area contributed by atoms with E-state index in [2.05, 4.69) is 21.4 Å². The summed E-state index contributed by atoms with van der Waals surface area (Å²) < 4.78 is 0. The Labute approximate surface area is 117 Å². The fourth-order valence-corrected chi connectivity index (χ4v) is 2.85. The first-order valence-corrected chi connectivity index (χ1v) is 7.23. The van der Waals surface area contributed by atoms with E-state index in [-0.39, 0.29) is 11.6 Å². The molecule has 6 heteroatoms. The summed E-state index contributed by atoms with van der Waals surface area (Å²) in [5, 5.41) is 13.1. The van der Waals surface area contributed by atoms with Crippen LogP contribution in [0.4, 0.5) is 0 Å². The van der Waals surface area contributed by atoms with Gasteiger partial charge in [-0.25, -0.2) is 4.98 Å². The minimum absolute atomic E-state index is 0.140. The zero-order valence-corrected chi connectivity index (χ0v) is 12.6. The lowest BCUT2D eigenvalue weighted by Gasteiger charge is -2.25. The van der Waals surface area contributed by atoms with Gasteiger partial charge in [-0.15, -0.1) is 0 Å². The highest BCUT2D eigenvalue weighted by Crippen LogP contribution is 2.18. The SMILES string of the molecule is Cc1cc(=O)[nH]c(SCCC(C)(C#N)NC(C)C)n1. The van der Waals surface area contributed by atoms with E-state index >= 15 is 0 Å². The molecule has 1 heterocycles. The maximum absolute atomic E-state index is 11.3. The second kappa shape index (κ2) is 6.73. The highest BCUT2D eigenvalue weighted by Gasteiger charge is 2.23. The van der Waals surface area contributed by atoms with Crippen molar-refractivity contribution in [2.45, 2.75) is 50.9 Å². The molecule has 0 aliphatic rings. The number of hydrogen-bond acceptors (Lipinski definition) is 5. The summed E-state index contributed by atoms with van der Waals surface area (Å²) in [7, 11) is 0. The molecular weight excluding hydrogens is 260 g/mol. The zero-order chi connectivity index (χ0) is 14.5. The summed E-state index contributed by atoms with van der Waals surface area (Å²) in [4.78, 5) is 18.2. The average molecular weight is 280 g/mol. The first kappa shape index (κ1) is 15.7. The van der Waals surface area contributed by atoms with Crippen LogP contribution in [0.2, 0.25) is 0 Å². The molecule has 0 saturated heterocycles. The quantitative estimate of drug-likeness (QED) is 0.614. The number of nitrogens with zero attached hydrogens (tertiary/aromatic N) is 2. The summed E-state index contributed by atoms with van der Waals surface area (Å²) in [6.07, 6.45) is 0.685. The van der Waals surface area contributed by atoms with Crippen molar-refractivity contribution in [2.24, 2.45) is 0 Å². The Hall–Kier alpha value is -1.32. The van der Waals surface area contributed by atoms with Crippen molar-refractivity contribution in [3.05, 3.63) is 22.1 Å². The lowest BCUT2D eigenvalue weighted by atomic mass is 10.0. The van der Waals surface area contributed by atoms with Crippen LogP contribution in [0.15, 0.2) is 16.0 Å². The Morgan fingerprint density at radius 3 is 2.84 bits per heavy atom. The fourth-order valence-electron chi connectivity index (χ4n) is 1.77. The van der Waals surface area contributed by atoms with Crippen LogP contribution in [-0.4, -0.2) is 27.3 Å². The molecule has 1 aromatic rings. The molecule has 0 spiro atoms. The summed E-state index contributed by atoms with van der Waals surface area (Å²) in [6, 6.07) is 4.02. The number of H-pyrrole nitrogens is 1. The van der Waals surface area contributed by atoms with Crippen LogP contribution in [0.5, 0.6) is 0 Å². The standard InChI is InChI=1S/C13H20N4OS/c1-9(2)17-13(4,8-14)5-6-19-12-15-10(3)7-11(18)16-12/h7,9,17H,5-6H2,1-4H3,(H,15,16,18). The van der Waals surface area contributed by atoms with Crippen molar-refractivity contribution in [2.75, 3.05) is 5.75 Å². The number of nitrogens with one attached hydrogen (secondary N) is 2. The molecule has 0 saturated carbocycles. The van der Waals surface area contributed by atoms with E-state index < -0.39 is 5.54 Å². The molecular formula is C13H20N4OS. The van der Waals surface area contributed by atoms with E-state index in [1.807, 2.05) is 20.8 Å². The van der Waals surface area contributed by atoms with Crippen molar-refractivity contribution < 1.29 is 0 Å². The molecule has 0 aromatic carbocycles. The van der Waals surface area contributed by atoms with Gasteiger partial charge in [-0.05, 0) is 34.1 Å². The lowest BCUT2D eigenvalue weighted by Crippen LogP contribution is -2.45. The van der Waals surface area contributed by atoms with E-state index in [0.29, 0.717) is 17.3 Å². The van der Waals surface area contributed by atoms with Gasteiger partial charge in [0, 0.05) is 23.6 Å². The second-order valence-corrected chi connectivity index (χ2v) is 6.12. The summed E-state index contributed by atoms with van der Waals surface area (Å²) in [5.41, 5.74) is 0.0126. The monoisotopic (exact) mass is 280 g/mol. The molecule has 0 radical (unpaired) electrons. The van der Waals surface area contributed by atoms with Gasteiger partial charge in [-0.1, -0.05) is 11.8 Å². The van der Waals surface area contributed by atoms with Gasteiger partial charge in [-0.2, -0.15) is 5.26 Å². The molecule has 5 nitrogen and oxygen atoms in total. The number of aryl methyl sites for hydroxylation is 1. The minimum atomic E-state index is -0.550. The maximum atomic E-state index is 11.3. The lowest BCUT2D eigenvalue weighted by molar-refractivity contribution is 0.397.